The Morgan fingerprint density at radius 2 is 1.04 bits per heavy atom. The average Bonchev–Trinajstić information content (AvgIpc) is 3.49. The lowest BCUT2D eigenvalue weighted by Gasteiger charge is -2.12. The first-order chi connectivity index (χ1) is 13.6. The molecule has 4 aromatic heterocycles. The fourth-order valence-corrected chi connectivity index (χ4v) is 9.59. The molecule has 5 heterocycles. The van der Waals surface area contributed by atoms with Gasteiger partial charge in [-0.15, -0.1) is 45.3 Å². The third-order valence-corrected chi connectivity index (χ3v) is 11.2. The maximum absolute atomic E-state index is 12.5. The Bertz CT molecular complexity index is 1190. The molecule has 5 rings (SSSR count). The van der Waals surface area contributed by atoms with E-state index in [0.29, 0.717) is 0 Å². The van der Waals surface area contributed by atoms with Crippen LogP contribution in [0.2, 0.25) is 0 Å². The van der Waals surface area contributed by atoms with Crippen molar-refractivity contribution in [3.05, 3.63) is 79.9 Å². The van der Waals surface area contributed by atoms with Gasteiger partial charge in [0, 0.05) is 39.1 Å². The predicted molar refractivity (Wildman–Crippen MR) is 128 cm³/mol. The molecule has 1 aliphatic heterocycles. The zero-order valence-electron chi connectivity index (χ0n) is 14.2. The van der Waals surface area contributed by atoms with Crippen LogP contribution in [0.15, 0.2) is 70.1 Å². The molecule has 0 saturated heterocycles. The fourth-order valence-electron chi connectivity index (χ4n) is 2.76. The molecule has 0 aromatic carbocycles. The number of hydrogen-bond acceptors (Lipinski definition) is 7. The summed E-state index contributed by atoms with van der Waals surface area (Å²) >= 11 is 8.18. The van der Waals surface area contributed by atoms with Gasteiger partial charge in [0.25, 0.3) is 0 Å². The first-order valence-electron chi connectivity index (χ1n) is 8.22. The van der Waals surface area contributed by atoms with Gasteiger partial charge in [-0.25, -0.2) is 8.42 Å². The Labute approximate surface area is 183 Å². The normalized spacial score (nSPS) is 16.0. The average molecular weight is 477 g/mol. The monoisotopic (exact) mass is 476 g/mol. The van der Waals surface area contributed by atoms with Crippen molar-refractivity contribution in [1.82, 2.24) is 0 Å². The van der Waals surface area contributed by atoms with Gasteiger partial charge in [-0.05, 0) is 47.2 Å². The van der Waals surface area contributed by atoms with Crippen LogP contribution in [0.3, 0.4) is 0 Å². The number of hydrogen-bond donors (Lipinski definition) is 0. The zero-order valence-corrected chi connectivity index (χ0v) is 19.1. The third-order valence-electron chi connectivity index (χ3n) is 3.99. The predicted octanol–water partition coefficient (Wildman–Crippen LogP) is 7.73. The van der Waals surface area contributed by atoms with E-state index in [1.54, 1.807) is 45.3 Å². The van der Waals surface area contributed by atoms with Gasteiger partial charge in [-0.3, -0.25) is 0 Å². The Morgan fingerprint density at radius 3 is 1.46 bits per heavy atom. The molecule has 0 amide bonds. The summed E-state index contributed by atoms with van der Waals surface area (Å²) in [6.07, 6.45) is 0. The molecule has 1 aliphatic rings. The molecule has 0 bridgehead atoms. The highest BCUT2D eigenvalue weighted by atomic mass is 32.2. The Balaban J connectivity index is 1.47. The highest BCUT2D eigenvalue weighted by molar-refractivity contribution is 8.19. The molecule has 0 spiro atoms. The van der Waals surface area contributed by atoms with Crippen molar-refractivity contribution in [2.45, 2.75) is 0 Å². The van der Waals surface area contributed by atoms with Crippen molar-refractivity contribution in [3.63, 3.8) is 0 Å². The minimum atomic E-state index is -3.39. The van der Waals surface area contributed by atoms with Crippen molar-refractivity contribution in [1.29, 1.82) is 0 Å². The van der Waals surface area contributed by atoms with Crippen LogP contribution in [0.5, 0.6) is 0 Å². The summed E-state index contributed by atoms with van der Waals surface area (Å²) in [7, 11) is -3.39. The smallest absolute Gasteiger partial charge is 0.195 e. The van der Waals surface area contributed by atoms with E-state index >= 15 is 0 Å². The molecule has 0 unspecified atom stereocenters. The molecular weight excluding hydrogens is 465 g/mol. The van der Waals surface area contributed by atoms with Crippen LogP contribution in [0.1, 0.15) is 9.75 Å². The van der Waals surface area contributed by atoms with Crippen LogP contribution in [-0.2, 0) is 9.84 Å². The summed E-state index contributed by atoms with van der Waals surface area (Å²) in [6, 6.07) is 16.4. The topological polar surface area (TPSA) is 34.1 Å². The summed E-state index contributed by atoms with van der Waals surface area (Å²) in [6.45, 7) is 0. The molecule has 4 aromatic rings. The van der Waals surface area contributed by atoms with Crippen molar-refractivity contribution in [2.75, 3.05) is 0 Å². The van der Waals surface area contributed by atoms with E-state index < -0.39 is 9.84 Å². The van der Waals surface area contributed by atoms with E-state index in [-0.39, 0.29) is 0 Å². The minimum Gasteiger partial charge on any atom is -0.220 e. The van der Waals surface area contributed by atoms with Crippen LogP contribution in [-0.4, -0.2) is 8.42 Å². The van der Waals surface area contributed by atoms with Crippen LogP contribution in [0, 0.1) is 0 Å². The minimum absolute atomic E-state index is 0.788. The number of rotatable bonds is 4. The standard InChI is InChI=1S/C20H12O2S6/c21-28(22)11-19(17-7-5-15(25-17)13-3-1-9-23-13)27-20(12-28)18-8-6-16(26-18)14-4-2-10-24-14/h1-12H. The van der Waals surface area contributed by atoms with Gasteiger partial charge >= 0.3 is 0 Å². The second-order valence-corrected chi connectivity index (χ2v) is 12.7. The van der Waals surface area contributed by atoms with Crippen molar-refractivity contribution in [2.24, 2.45) is 0 Å². The molecule has 140 valence electrons. The Morgan fingerprint density at radius 1 is 0.571 bits per heavy atom. The van der Waals surface area contributed by atoms with Gasteiger partial charge in [0.15, 0.2) is 9.84 Å². The lowest BCUT2D eigenvalue weighted by atomic mass is 10.3. The molecular formula is C20H12O2S6. The zero-order chi connectivity index (χ0) is 19.1. The molecule has 2 nitrogen and oxygen atoms in total. The van der Waals surface area contributed by atoms with Crippen molar-refractivity contribution < 1.29 is 8.42 Å². The SMILES string of the molecule is O=S1(=O)C=C(c2ccc(-c3cccs3)s2)SC(c2ccc(-c3cccs3)s2)=C1. The second-order valence-electron chi connectivity index (χ2n) is 5.94. The van der Waals surface area contributed by atoms with Gasteiger partial charge in [0.2, 0.25) is 0 Å². The molecule has 0 N–H and O–H groups in total. The van der Waals surface area contributed by atoms with Gasteiger partial charge in [0.05, 0.1) is 10.8 Å². The summed E-state index contributed by atoms with van der Waals surface area (Å²) in [5, 5.41) is 6.88. The van der Waals surface area contributed by atoms with E-state index in [9.17, 15) is 8.42 Å². The first kappa shape index (κ1) is 18.6. The van der Waals surface area contributed by atoms with Gasteiger partial charge in [0.1, 0.15) is 0 Å². The highest BCUT2D eigenvalue weighted by Crippen LogP contribution is 2.48. The maximum Gasteiger partial charge on any atom is 0.195 e. The van der Waals surface area contributed by atoms with E-state index in [1.807, 2.05) is 24.3 Å². The summed E-state index contributed by atoms with van der Waals surface area (Å²) in [5.41, 5.74) is 0. The van der Waals surface area contributed by atoms with Crippen molar-refractivity contribution in [3.8, 4) is 19.5 Å². The lowest BCUT2D eigenvalue weighted by Crippen LogP contribution is -1.96. The first-order valence-corrected chi connectivity index (χ1v) is 14.0. The summed E-state index contributed by atoms with van der Waals surface area (Å²) < 4.78 is 25.1. The van der Waals surface area contributed by atoms with E-state index in [0.717, 1.165) is 29.3 Å². The Hall–Kier alpha value is -1.42. The van der Waals surface area contributed by atoms with Crippen molar-refractivity contribution >= 4 is 76.8 Å². The lowest BCUT2D eigenvalue weighted by molar-refractivity contribution is 0.613. The van der Waals surface area contributed by atoms with Gasteiger partial charge in [-0.1, -0.05) is 23.9 Å². The molecule has 0 saturated carbocycles. The molecule has 8 heteroatoms. The molecule has 0 aliphatic carbocycles. The maximum atomic E-state index is 12.5. The largest absolute Gasteiger partial charge is 0.220 e. The fraction of sp³-hybridized carbons (Fsp3) is 0. The molecule has 0 atom stereocenters. The van der Waals surface area contributed by atoms with E-state index in [2.05, 4.69) is 35.0 Å². The van der Waals surface area contributed by atoms with Gasteiger partial charge in [-0.2, -0.15) is 0 Å². The molecule has 28 heavy (non-hydrogen) atoms. The van der Waals surface area contributed by atoms with Crippen LogP contribution < -0.4 is 0 Å². The summed E-state index contributed by atoms with van der Waals surface area (Å²) in [4.78, 5) is 8.28. The summed E-state index contributed by atoms with van der Waals surface area (Å²) in [5.74, 6) is 0. The second kappa shape index (κ2) is 7.44. The van der Waals surface area contributed by atoms with Crippen LogP contribution >= 0.6 is 57.1 Å². The van der Waals surface area contributed by atoms with Crippen LogP contribution in [0.4, 0.5) is 0 Å². The van der Waals surface area contributed by atoms with E-state index in [4.69, 9.17) is 0 Å². The number of thioether (sulfide) groups is 1. The number of sulfone groups is 1. The highest BCUT2D eigenvalue weighted by Gasteiger charge is 2.22. The Kier molecular flexibility index (Phi) is 4.94. The van der Waals surface area contributed by atoms with Gasteiger partial charge < -0.3 is 0 Å². The molecule has 0 radical (unpaired) electrons. The quantitative estimate of drug-likeness (QED) is 0.302. The number of thiophene rings is 4. The van der Waals surface area contributed by atoms with Crippen LogP contribution in [0.25, 0.3) is 29.3 Å². The third kappa shape index (κ3) is 3.72. The van der Waals surface area contributed by atoms with E-state index in [1.165, 1.54) is 32.3 Å². The molecule has 0 fully saturated rings.